The number of fused-ring (bicyclic) bond motifs is 1. The van der Waals surface area contributed by atoms with Crippen LogP contribution in [0.3, 0.4) is 0 Å². The van der Waals surface area contributed by atoms with E-state index in [1.54, 1.807) is 11.0 Å². The number of anilines is 1. The van der Waals surface area contributed by atoms with E-state index in [1.165, 1.54) is 17.7 Å². The van der Waals surface area contributed by atoms with Gasteiger partial charge in [-0.1, -0.05) is 12.1 Å². The summed E-state index contributed by atoms with van der Waals surface area (Å²) in [6.45, 7) is 6.13. The Balaban J connectivity index is 1.47. The molecule has 1 aromatic carbocycles. The van der Waals surface area contributed by atoms with Crippen molar-refractivity contribution in [2.24, 2.45) is 7.05 Å². The third kappa shape index (κ3) is 4.27. The molecule has 1 unspecified atom stereocenters. The summed E-state index contributed by atoms with van der Waals surface area (Å²) in [6, 6.07) is 6.51. The number of aryl methyl sites for hydroxylation is 3. The van der Waals surface area contributed by atoms with E-state index in [9.17, 15) is 9.18 Å². The molecule has 3 aromatic rings. The zero-order valence-electron chi connectivity index (χ0n) is 19.4. The molecule has 0 aliphatic carbocycles. The SMILES string of the molecule is Cc1nn(C)cc1CN1CCCC1c1nc(C)c2c(n1)N(Cc1cccc(F)c1)C(=O)CC2. The van der Waals surface area contributed by atoms with Crippen molar-refractivity contribution in [3.05, 3.63) is 70.2 Å². The average Bonchev–Trinajstić information content (AvgIpc) is 3.36. The van der Waals surface area contributed by atoms with Crippen molar-refractivity contribution in [3.8, 4) is 0 Å². The Morgan fingerprint density at radius 3 is 2.73 bits per heavy atom. The minimum atomic E-state index is -0.302. The van der Waals surface area contributed by atoms with Crippen LogP contribution < -0.4 is 4.90 Å². The molecule has 2 aromatic heterocycles. The summed E-state index contributed by atoms with van der Waals surface area (Å²) >= 11 is 0. The molecule has 2 aliphatic heterocycles. The van der Waals surface area contributed by atoms with E-state index in [-0.39, 0.29) is 17.8 Å². The Morgan fingerprint density at radius 2 is 1.97 bits per heavy atom. The van der Waals surface area contributed by atoms with Crippen LogP contribution in [0.15, 0.2) is 30.5 Å². The molecular formula is C25H29FN6O. The standard InChI is InChI=1S/C25H29FN6O/c1-16-19(14-30(3)29-16)15-31-11-5-8-22(31)24-27-17(2)21-9-10-23(33)32(25(21)28-24)13-18-6-4-7-20(26)12-18/h4,6-7,12,14,22H,5,8-11,13,15H2,1-3H3. The van der Waals surface area contributed by atoms with Gasteiger partial charge in [0.05, 0.1) is 18.3 Å². The fourth-order valence-electron chi connectivity index (χ4n) is 5.06. The average molecular weight is 449 g/mol. The Bertz CT molecular complexity index is 1210. The van der Waals surface area contributed by atoms with Crippen LogP contribution in [-0.2, 0) is 31.4 Å². The summed E-state index contributed by atoms with van der Waals surface area (Å²) in [4.78, 5) is 26.9. The minimum absolute atomic E-state index is 0.0186. The molecule has 1 fully saturated rings. The first kappa shape index (κ1) is 21.7. The van der Waals surface area contributed by atoms with E-state index in [0.717, 1.165) is 54.3 Å². The van der Waals surface area contributed by atoms with E-state index in [2.05, 4.69) is 16.2 Å². The molecule has 172 valence electrons. The Kier molecular flexibility index (Phi) is 5.70. The first-order valence-electron chi connectivity index (χ1n) is 11.5. The number of amides is 1. The minimum Gasteiger partial charge on any atom is -0.292 e. The van der Waals surface area contributed by atoms with Crippen LogP contribution in [0.2, 0.25) is 0 Å². The van der Waals surface area contributed by atoms with E-state index in [4.69, 9.17) is 9.97 Å². The quantitative estimate of drug-likeness (QED) is 0.594. The zero-order chi connectivity index (χ0) is 23.1. The van der Waals surface area contributed by atoms with Crippen molar-refractivity contribution in [3.63, 3.8) is 0 Å². The highest BCUT2D eigenvalue weighted by Gasteiger charge is 2.33. The molecule has 0 saturated carbocycles. The lowest BCUT2D eigenvalue weighted by atomic mass is 10.0. The summed E-state index contributed by atoms with van der Waals surface area (Å²) in [5, 5.41) is 4.47. The first-order chi connectivity index (χ1) is 15.9. The number of halogens is 1. The maximum absolute atomic E-state index is 13.8. The third-order valence-corrected chi connectivity index (χ3v) is 6.73. The lowest BCUT2D eigenvalue weighted by molar-refractivity contribution is -0.119. The smallest absolute Gasteiger partial charge is 0.228 e. The van der Waals surface area contributed by atoms with Crippen LogP contribution in [0.4, 0.5) is 10.2 Å². The predicted octanol–water partition coefficient (Wildman–Crippen LogP) is 3.78. The monoisotopic (exact) mass is 448 g/mol. The number of carbonyl (C=O) groups excluding carboxylic acids is 1. The summed E-state index contributed by atoms with van der Waals surface area (Å²) in [6.07, 6.45) is 5.19. The highest BCUT2D eigenvalue weighted by Crippen LogP contribution is 2.36. The summed E-state index contributed by atoms with van der Waals surface area (Å²) in [7, 11) is 1.94. The second-order valence-corrected chi connectivity index (χ2v) is 9.12. The van der Waals surface area contributed by atoms with Gasteiger partial charge in [-0.05, 0) is 57.4 Å². The van der Waals surface area contributed by atoms with Crippen molar-refractivity contribution < 1.29 is 9.18 Å². The zero-order valence-corrected chi connectivity index (χ0v) is 19.4. The molecule has 0 N–H and O–H groups in total. The van der Waals surface area contributed by atoms with Crippen molar-refractivity contribution in [2.75, 3.05) is 11.4 Å². The number of aromatic nitrogens is 4. The molecule has 1 atom stereocenters. The van der Waals surface area contributed by atoms with Gasteiger partial charge in [0.2, 0.25) is 5.91 Å². The molecular weight excluding hydrogens is 419 g/mol. The van der Waals surface area contributed by atoms with Gasteiger partial charge >= 0.3 is 0 Å². The van der Waals surface area contributed by atoms with Gasteiger partial charge < -0.3 is 0 Å². The second-order valence-electron chi connectivity index (χ2n) is 9.12. The number of hydrogen-bond donors (Lipinski definition) is 0. The molecule has 4 heterocycles. The normalized spacial score (nSPS) is 18.7. The van der Waals surface area contributed by atoms with Gasteiger partial charge in [0, 0.05) is 43.0 Å². The summed E-state index contributed by atoms with van der Waals surface area (Å²) < 4.78 is 15.6. The Hall–Kier alpha value is -3.13. The Labute approximate surface area is 193 Å². The fourth-order valence-corrected chi connectivity index (χ4v) is 5.06. The van der Waals surface area contributed by atoms with Crippen LogP contribution >= 0.6 is 0 Å². The van der Waals surface area contributed by atoms with Crippen LogP contribution in [0.25, 0.3) is 0 Å². The highest BCUT2D eigenvalue weighted by atomic mass is 19.1. The number of carbonyl (C=O) groups is 1. The molecule has 7 nitrogen and oxygen atoms in total. The fraction of sp³-hybridized carbons (Fsp3) is 0.440. The molecule has 33 heavy (non-hydrogen) atoms. The molecule has 1 saturated heterocycles. The van der Waals surface area contributed by atoms with Gasteiger partial charge in [-0.3, -0.25) is 19.3 Å². The number of benzene rings is 1. The van der Waals surface area contributed by atoms with Gasteiger partial charge in [0.1, 0.15) is 17.5 Å². The largest absolute Gasteiger partial charge is 0.292 e. The molecule has 0 bridgehead atoms. The lowest BCUT2D eigenvalue weighted by Gasteiger charge is -2.31. The number of rotatable bonds is 5. The highest BCUT2D eigenvalue weighted by molar-refractivity contribution is 5.95. The lowest BCUT2D eigenvalue weighted by Crippen LogP contribution is -2.37. The number of hydrogen-bond acceptors (Lipinski definition) is 5. The molecule has 5 rings (SSSR count). The van der Waals surface area contributed by atoms with E-state index in [1.807, 2.05) is 31.6 Å². The topological polar surface area (TPSA) is 67.2 Å². The molecule has 0 radical (unpaired) electrons. The molecule has 1 amide bonds. The van der Waals surface area contributed by atoms with Gasteiger partial charge in [-0.2, -0.15) is 5.10 Å². The third-order valence-electron chi connectivity index (χ3n) is 6.73. The predicted molar refractivity (Wildman–Crippen MR) is 123 cm³/mol. The van der Waals surface area contributed by atoms with E-state index in [0.29, 0.717) is 25.2 Å². The van der Waals surface area contributed by atoms with Gasteiger partial charge in [0.25, 0.3) is 0 Å². The van der Waals surface area contributed by atoms with E-state index >= 15 is 0 Å². The molecule has 0 spiro atoms. The van der Waals surface area contributed by atoms with E-state index < -0.39 is 0 Å². The first-order valence-corrected chi connectivity index (χ1v) is 11.5. The van der Waals surface area contributed by atoms with Gasteiger partial charge in [0.15, 0.2) is 0 Å². The number of nitrogens with zero attached hydrogens (tertiary/aromatic N) is 6. The second kappa shape index (κ2) is 8.67. The van der Waals surface area contributed by atoms with Crippen molar-refractivity contribution >= 4 is 11.7 Å². The summed E-state index contributed by atoms with van der Waals surface area (Å²) in [5.41, 5.74) is 4.95. The maximum atomic E-state index is 13.8. The molecule has 2 aliphatic rings. The van der Waals surface area contributed by atoms with Crippen LogP contribution in [0, 0.1) is 19.7 Å². The van der Waals surface area contributed by atoms with Crippen molar-refractivity contribution in [2.45, 2.75) is 58.7 Å². The van der Waals surface area contributed by atoms with Crippen LogP contribution in [0.1, 0.15) is 59.2 Å². The van der Waals surface area contributed by atoms with Crippen LogP contribution in [-0.4, -0.2) is 37.1 Å². The van der Waals surface area contributed by atoms with Gasteiger partial charge in [-0.15, -0.1) is 0 Å². The van der Waals surface area contributed by atoms with Gasteiger partial charge in [-0.25, -0.2) is 14.4 Å². The summed E-state index contributed by atoms with van der Waals surface area (Å²) in [5.74, 6) is 1.17. The van der Waals surface area contributed by atoms with Crippen LogP contribution in [0.5, 0.6) is 0 Å². The van der Waals surface area contributed by atoms with Crippen molar-refractivity contribution in [1.82, 2.24) is 24.6 Å². The van der Waals surface area contributed by atoms with Crippen molar-refractivity contribution in [1.29, 1.82) is 0 Å². The molecule has 8 heteroatoms. The number of likely N-dealkylation sites (tertiary alicyclic amines) is 1. The maximum Gasteiger partial charge on any atom is 0.228 e. The Morgan fingerprint density at radius 1 is 1.12 bits per heavy atom.